The van der Waals surface area contributed by atoms with Crippen LogP contribution in [-0.4, -0.2) is 26.6 Å². The summed E-state index contributed by atoms with van der Waals surface area (Å²) >= 11 is 1.22. The van der Waals surface area contributed by atoms with Crippen LogP contribution in [0, 0.1) is 12.7 Å². The van der Waals surface area contributed by atoms with Gasteiger partial charge >= 0.3 is 5.97 Å². The van der Waals surface area contributed by atoms with Crippen LogP contribution in [0.25, 0.3) is 5.69 Å². The highest BCUT2D eigenvalue weighted by atomic mass is 32.2. The maximum absolute atomic E-state index is 13.2. The first kappa shape index (κ1) is 15.6. The van der Waals surface area contributed by atoms with Gasteiger partial charge in [-0.25, -0.2) is 9.07 Å². The molecule has 0 saturated heterocycles. The summed E-state index contributed by atoms with van der Waals surface area (Å²) in [5.41, 5.74) is 2.44. The summed E-state index contributed by atoms with van der Waals surface area (Å²) in [6.07, 6.45) is 1.79. The fourth-order valence-electron chi connectivity index (χ4n) is 2.06. The van der Waals surface area contributed by atoms with E-state index in [0.29, 0.717) is 0 Å². The minimum Gasteiger partial charge on any atom is -0.481 e. The summed E-state index contributed by atoms with van der Waals surface area (Å²) in [6, 6.07) is 6.40. The standard InChI is InChI=1S/C15H17FN2O2S/c1-3-4-12-8-14(21-9-15(19)20)18(17-12)13-6-5-11(16)7-10(13)2/h5-8H,3-4,9H2,1-2H3,(H,19,20). The molecule has 112 valence electrons. The smallest absolute Gasteiger partial charge is 0.313 e. The van der Waals surface area contributed by atoms with Crippen molar-refractivity contribution < 1.29 is 14.3 Å². The van der Waals surface area contributed by atoms with Gasteiger partial charge in [0.2, 0.25) is 0 Å². The Kier molecular flexibility index (Phi) is 5.01. The number of carboxylic acid groups (broad SMARTS) is 1. The van der Waals surface area contributed by atoms with Gasteiger partial charge in [-0.3, -0.25) is 4.79 Å². The van der Waals surface area contributed by atoms with E-state index in [4.69, 9.17) is 5.11 Å². The molecule has 0 aliphatic heterocycles. The second-order valence-corrected chi connectivity index (χ2v) is 5.74. The zero-order chi connectivity index (χ0) is 15.4. The van der Waals surface area contributed by atoms with E-state index in [0.717, 1.165) is 34.8 Å². The highest BCUT2D eigenvalue weighted by Gasteiger charge is 2.13. The van der Waals surface area contributed by atoms with Crippen LogP contribution in [0.3, 0.4) is 0 Å². The highest BCUT2D eigenvalue weighted by molar-refractivity contribution is 7.99. The van der Waals surface area contributed by atoms with Crippen LogP contribution in [0.5, 0.6) is 0 Å². The van der Waals surface area contributed by atoms with E-state index in [1.165, 1.54) is 23.9 Å². The maximum Gasteiger partial charge on any atom is 0.313 e. The van der Waals surface area contributed by atoms with Crippen molar-refractivity contribution in [2.45, 2.75) is 31.7 Å². The van der Waals surface area contributed by atoms with E-state index in [-0.39, 0.29) is 11.6 Å². The Morgan fingerprint density at radius 3 is 2.81 bits per heavy atom. The highest BCUT2D eigenvalue weighted by Crippen LogP contribution is 2.25. The molecule has 0 aliphatic rings. The Labute approximate surface area is 127 Å². The summed E-state index contributed by atoms with van der Waals surface area (Å²) < 4.78 is 14.9. The summed E-state index contributed by atoms with van der Waals surface area (Å²) in [5, 5.41) is 14.1. The number of nitrogens with zero attached hydrogens (tertiary/aromatic N) is 2. The molecule has 21 heavy (non-hydrogen) atoms. The van der Waals surface area contributed by atoms with Gasteiger partial charge in [-0.2, -0.15) is 5.10 Å². The van der Waals surface area contributed by atoms with Crippen LogP contribution in [0.2, 0.25) is 0 Å². The van der Waals surface area contributed by atoms with Gasteiger partial charge in [-0.1, -0.05) is 25.1 Å². The first-order valence-electron chi connectivity index (χ1n) is 6.71. The number of aryl methyl sites for hydroxylation is 2. The third-order valence-corrected chi connectivity index (χ3v) is 3.94. The molecular weight excluding hydrogens is 291 g/mol. The SMILES string of the molecule is CCCc1cc(SCC(=O)O)n(-c2ccc(F)cc2C)n1. The van der Waals surface area contributed by atoms with Gasteiger partial charge in [0.05, 0.1) is 17.1 Å². The molecule has 1 N–H and O–H groups in total. The molecule has 1 aromatic heterocycles. The van der Waals surface area contributed by atoms with Crippen molar-refractivity contribution in [3.8, 4) is 5.69 Å². The van der Waals surface area contributed by atoms with E-state index in [9.17, 15) is 9.18 Å². The second kappa shape index (κ2) is 6.76. The van der Waals surface area contributed by atoms with Gasteiger partial charge in [0.1, 0.15) is 10.8 Å². The van der Waals surface area contributed by atoms with E-state index in [1.807, 2.05) is 13.0 Å². The van der Waals surface area contributed by atoms with Crippen molar-refractivity contribution in [1.29, 1.82) is 0 Å². The average Bonchev–Trinajstić information content (AvgIpc) is 2.79. The lowest BCUT2D eigenvalue weighted by Gasteiger charge is -2.09. The zero-order valence-electron chi connectivity index (χ0n) is 12.0. The Balaban J connectivity index is 2.41. The maximum atomic E-state index is 13.2. The number of aliphatic carboxylic acids is 1. The molecule has 0 bridgehead atoms. The second-order valence-electron chi connectivity index (χ2n) is 4.75. The minimum absolute atomic E-state index is 0.0303. The van der Waals surface area contributed by atoms with E-state index >= 15 is 0 Å². The van der Waals surface area contributed by atoms with Gasteiger partial charge in [0, 0.05) is 0 Å². The molecule has 0 fully saturated rings. The number of carboxylic acids is 1. The van der Waals surface area contributed by atoms with Gasteiger partial charge < -0.3 is 5.11 Å². The Morgan fingerprint density at radius 2 is 2.19 bits per heavy atom. The molecule has 0 spiro atoms. The van der Waals surface area contributed by atoms with Crippen LogP contribution in [-0.2, 0) is 11.2 Å². The molecular formula is C15H17FN2O2S. The molecule has 1 aromatic carbocycles. The van der Waals surface area contributed by atoms with Crippen LogP contribution in [0.4, 0.5) is 4.39 Å². The topological polar surface area (TPSA) is 55.1 Å². The molecule has 4 nitrogen and oxygen atoms in total. The van der Waals surface area contributed by atoms with Gasteiger partial charge in [-0.05, 0) is 43.2 Å². The first-order valence-corrected chi connectivity index (χ1v) is 7.70. The lowest BCUT2D eigenvalue weighted by molar-refractivity contribution is -0.133. The summed E-state index contributed by atoms with van der Waals surface area (Å²) in [6.45, 7) is 3.87. The number of carbonyl (C=O) groups is 1. The van der Waals surface area contributed by atoms with Gasteiger partial charge in [-0.15, -0.1) is 0 Å². The quantitative estimate of drug-likeness (QED) is 0.830. The molecule has 1 heterocycles. The van der Waals surface area contributed by atoms with E-state index < -0.39 is 5.97 Å². The third kappa shape index (κ3) is 3.85. The Bertz CT molecular complexity index is 655. The third-order valence-electron chi connectivity index (χ3n) is 2.96. The molecule has 6 heteroatoms. The van der Waals surface area contributed by atoms with Crippen molar-refractivity contribution in [2.24, 2.45) is 0 Å². The fourth-order valence-corrected chi connectivity index (χ4v) is 2.81. The molecule has 0 unspecified atom stereocenters. The van der Waals surface area contributed by atoms with Crippen LogP contribution in [0.15, 0.2) is 29.3 Å². The molecule has 2 aromatic rings. The number of aromatic nitrogens is 2. The van der Waals surface area contributed by atoms with Gasteiger partial charge in [0.25, 0.3) is 0 Å². The largest absolute Gasteiger partial charge is 0.481 e. The number of benzene rings is 1. The van der Waals surface area contributed by atoms with Crippen LogP contribution in [0.1, 0.15) is 24.6 Å². The van der Waals surface area contributed by atoms with Crippen LogP contribution >= 0.6 is 11.8 Å². The molecule has 0 aliphatic carbocycles. The molecule has 0 radical (unpaired) electrons. The van der Waals surface area contributed by atoms with E-state index in [2.05, 4.69) is 12.0 Å². The van der Waals surface area contributed by atoms with E-state index in [1.54, 1.807) is 10.7 Å². The van der Waals surface area contributed by atoms with Gasteiger partial charge in [0.15, 0.2) is 0 Å². The monoisotopic (exact) mass is 308 g/mol. The normalized spacial score (nSPS) is 10.8. The zero-order valence-corrected chi connectivity index (χ0v) is 12.8. The van der Waals surface area contributed by atoms with Crippen molar-refractivity contribution >= 4 is 17.7 Å². The minimum atomic E-state index is -0.874. The Morgan fingerprint density at radius 1 is 1.43 bits per heavy atom. The predicted molar refractivity (Wildman–Crippen MR) is 80.6 cm³/mol. The van der Waals surface area contributed by atoms with Crippen LogP contribution < -0.4 is 0 Å². The fraction of sp³-hybridized carbons (Fsp3) is 0.333. The lowest BCUT2D eigenvalue weighted by Crippen LogP contribution is -2.04. The first-order chi connectivity index (χ1) is 10.0. The molecule has 0 amide bonds. The Hall–Kier alpha value is -1.82. The summed E-state index contributed by atoms with van der Waals surface area (Å²) in [5.74, 6) is -1.20. The number of rotatable bonds is 6. The molecule has 2 rings (SSSR count). The number of halogens is 1. The predicted octanol–water partition coefficient (Wildman–Crippen LogP) is 3.45. The molecule has 0 saturated carbocycles. The number of hydrogen-bond donors (Lipinski definition) is 1. The number of hydrogen-bond acceptors (Lipinski definition) is 3. The summed E-state index contributed by atoms with van der Waals surface area (Å²) in [7, 11) is 0. The van der Waals surface area contributed by atoms with Crippen molar-refractivity contribution in [3.05, 3.63) is 41.3 Å². The molecule has 0 atom stereocenters. The van der Waals surface area contributed by atoms with Crippen molar-refractivity contribution in [3.63, 3.8) is 0 Å². The van der Waals surface area contributed by atoms with Crippen molar-refractivity contribution in [1.82, 2.24) is 9.78 Å². The lowest BCUT2D eigenvalue weighted by atomic mass is 10.2. The summed E-state index contributed by atoms with van der Waals surface area (Å²) in [4.78, 5) is 10.8. The average molecular weight is 308 g/mol. The van der Waals surface area contributed by atoms with Crippen molar-refractivity contribution in [2.75, 3.05) is 5.75 Å². The number of thioether (sulfide) groups is 1.